The van der Waals surface area contributed by atoms with Gasteiger partial charge in [-0.1, -0.05) is 0 Å². The van der Waals surface area contributed by atoms with Crippen molar-refractivity contribution in [2.75, 3.05) is 18.4 Å². The molecular weight excluding hydrogens is 519 g/mol. The van der Waals surface area contributed by atoms with Gasteiger partial charge < -0.3 is 19.5 Å². The van der Waals surface area contributed by atoms with Crippen LogP contribution in [0.5, 0.6) is 11.5 Å². The highest BCUT2D eigenvalue weighted by Gasteiger charge is 2.30. The minimum Gasteiger partial charge on any atom is -0.457 e. The molecule has 1 atom stereocenters. The van der Waals surface area contributed by atoms with E-state index in [1.165, 1.54) is 12.1 Å². The number of ketones is 1. The number of carbonyl (C=O) groups is 1. The first-order chi connectivity index (χ1) is 19.1. The number of carbonyl (C=O) groups excluding carboxylic acids is 1. The minimum atomic E-state index is -4.39. The molecule has 210 valence electrons. The number of piperidine rings is 1. The molecule has 7 nitrogen and oxygen atoms in total. The summed E-state index contributed by atoms with van der Waals surface area (Å²) in [4.78, 5) is 24.4. The first kappa shape index (κ1) is 27.6. The summed E-state index contributed by atoms with van der Waals surface area (Å²) < 4.78 is 46.5. The summed E-state index contributed by atoms with van der Waals surface area (Å²) in [7, 11) is 1.82. The maximum Gasteiger partial charge on any atom is 0.416 e. The Hall–Kier alpha value is -3.92. The summed E-state index contributed by atoms with van der Waals surface area (Å²) in [5.74, 6) is 1.85. The Morgan fingerprint density at radius 3 is 2.58 bits per heavy atom. The molecule has 4 aromatic rings. The molecule has 1 N–H and O–H groups in total. The van der Waals surface area contributed by atoms with Crippen LogP contribution in [-0.4, -0.2) is 44.3 Å². The van der Waals surface area contributed by atoms with Crippen molar-refractivity contribution >= 4 is 28.5 Å². The molecular formula is C30H32F3N5O2. The van der Waals surface area contributed by atoms with E-state index in [1.807, 2.05) is 23.7 Å². The second kappa shape index (κ2) is 11.3. The topological polar surface area (TPSA) is 72.3 Å². The molecule has 40 heavy (non-hydrogen) atoms. The quantitative estimate of drug-likeness (QED) is 0.261. The number of pyridine rings is 1. The van der Waals surface area contributed by atoms with Gasteiger partial charge in [-0.25, -0.2) is 4.98 Å². The monoisotopic (exact) mass is 551 g/mol. The molecule has 0 saturated carbocycles. The molecule has 1 saturated heterocycles. The molecule has 2 aromatic heterocycles. The third-order valence-electron chi connectivity index (χ3n) is 7.34. The van der Waals surface area contributed by atoms with E-state index in [4.69, 9.17) is 4.74 Å². The number of benzene rings is 2. The Kier molecular flexibility index (Phi) is 7.80. The SMILES string of the molecule is CC(C)N1CCCC(C(=O)Cc2cc(Oc3ccc4c(c3)nc(Nc3ccc(C(F)(F)F)cc3)n4C)ccn2)C1. The molecule has 0 radical (unpaired) electrons. The van der Waals surface area contributed by atoms with E-state index in [-0.39, 0.29) is 18.1 Å². The first-order valence-electron chi connectivity index (χ1n) is 13.4. The van der Waals surface area contributed by atoms with Crippen molar-refractivity contribution in [3.63, 3.8) is 0 Å². The second-order valence-electron chi connectivity index (χ2n) is 10.5. The lowest BCUT2D eigenvalue weighted by atomic mass is 9.91. The lowest BCUT2D eigenvalue weighted by Gasteiger charge is -2.34. The summed E-state index contributed by atoms with van der Waals surface area (Å²) in [5, 5.41) is 3.07. The largest absolute Gasteiger partial charge is 0.457 e. The third kappa shape index (κ3) is 6.28. The van der Waals surface area contributed by atoms with Gasteiger partial charge in [0.25, 0.3) is 0 Å². The van der Waals surface area contributed by atoms with Gasteiger partial charge in [-0.05, 0) is 75.7 Å². The highest BCUT2D eigenvalue weighted by molar-refractivity contribution is 5.83. The van der Waals surface area contributed by atoms with Crippen LogP contribution in [0.4, 0.5) is 24.8 Å². The number of Topliss-reactive ketones (excluding diaryl/α,β-unsaturated/α-hetero) is 1. The number of likely N-dealkylation sites (tertiary alicyclic amines) is 1. The number of aromatic nitrogens is 3. The van der Waals surface area contributed by atoms with E-state index in [0.29, 0.717) is 40.4 Å². The van der Waals surface area contributed by atoms with Gasteiger partial charge in [0.1, 0.15) is 17.3 Å². The number of alkyl halides is 3. The van der Waals surface area contributed by atoms with E-state index in [1.54, 1.807) is 24.4 Å². The summed E-state index contributed by atoms with van der Waals surface area (Å²) in [5.41, 5.74) is 1.94. The maximum absolute atomic E-state index is 13.0. The highest BCUT2D eigenvalue weighted by atomic mass is 19.4. The van der Waals surface area contributed by atoms with Crippen molar-refractivity contribution in [1.82, 2.24) is 19.4 Å². The van der Waals surface area contributed by atoms with Crippen LogP contribution in [0, 0.1) is 5.92 Å². The Morgan fingerprint density at radius 1 is 1.10 bits per heavy atom. The Balaban J connectivity index is 1.26. The van der Waals surface area contributed by atoms with Crippen LogP contribution in [0.3, 0.4) is 0 Å². The second-order valence-corrected chi connectivity index (χ2v) is 10.5. The van der Waals surface area contributed by atoms with Crippen LogP contribution in [0.1, 0.15) is 37.9 Å². The number of hydrogen-bond donors (Lipinski definition) is 1. The minimum absolute atomic E-state index is 0.0273. The normalized spacial score (nSPS) is 16.4. The van der Waals surface area contributed by atoms with E-state index < -0.39 is 11.7 Å². The van der Waals surface area contributed by atoms with Gasteiger partial charge in [-0.3, -0.25) is 9.78 Å². The molecule has 1 unspecified atom stereocenters. The molecule has 0 amide bonds. The number of hydrogen-bond acceptors (Lipinski definition) is 6. The van der Waals surface area contributed by atoms with Gasteiger partial charge >= 0.3 is 6.18 Å². The zero-order valence-corrected chi connectivity index (χ0v) is 22.7. The van der Waals surface area contributed by atoms with Gasteiger partial charge in [0.05, 0.1) is 22.3 Å². The van der Waals surface area contributed by atoms with Crippen LogP contribution in [0.25, 0.3) is 11.0 Å². The summed E-state index contributed by atoms with van der Waals surface area (Å²) in [6, 6.07) is 14.3. The maximum atomic E-state index is 13.0. The summed E-state index contributed by atoms with van der Waals surface area (Å²) in [6.45, 7) is 6.16. The van der Waals surface area contributed by atoms with Crippen LogP contribution in [-0.2, 0) is 24.4 Å². The average Bonchev–Trinajstić information content (AvgIpc) is 3.22. The van der Waals surface area contributed by atoms with Crippen LogP contribution in [0.15, 0.2) is 60.8 Å². The van der Waals surface area contributed by atoms with E-state index in [9.17, 15) is 18.0 Å². The van der Waals surface area contributed by atoms with Crippen molar-refractivity contribution < 1.29 is 22.7 Å². The smallest absolute Gasteiger partial charge is 0.416 e. The zero-order chi connectivity index (χ0) is 28.4. The Bertz CT molecular complexity index is 1500. The van der Waals surface area contributed by atoms with Crippen LogP contribution >= 0.6 is 0 Å². The zero-order valence-electron chi connectivity index (χ0n) is 22.7. The van der Waals surface area contributed by atoms with Crippen molar-refractivity contribution in [1.29, 1.82) is 0 Å². The Morgan fingerprint density at radius 2 is 1.85 bits per heavy atom. The number of ether oxygens (including phenoxy) is 1. The van der Waals surface area contributed by atoms with Crippen LogP contribution in [0.2, 0.25) is 0 Å². The molecule has 1 fully saturated rings. The van der Waals surface area contributed by atoms with Crippen molar-refractivity contribution in [3.8, 4) is 11.5 Å². The first-order valence-corrected chi connectivity index (χ1v) is 13.4. The predicted molar refractivity (Wildman–Crippen MR) is 148 cm³/mol. The van der Waals surface area contributed by atoms with Gasteiger partial charge in [-0.15, -0.1) is 0 Å². The molecule has 2 aromatic carbocycles. The predicted octanol–water partition coefficient (Wildman–Crippen LogP) is 6.76. The molecule has 0 aliphatic carbocycles. The summed E-state index contributed by atoms with van der Waals surface area (Å²) >= 11 is 0. The standard InChI is InChI=1S/C30H32F3N5O2/c1-19(2)38-14-4-5-20(18-38)28(39)16-23-15-25(12-13-34-23)40-24-10-11-27-26(17-24)36-29(37(27)3)35-22-8-6-21(7-9-22)30(31,32)33/h6-13,15,17,19-20H,4-5,14,16,18H2,1-3H3,(H,35,36). The number of aryl methyl sites for hydroxylation is 1. The number of nitrogens with one attached hydrogen (secondary N) is 1. The fourth-order valence-corrected chi connectivity index (χ4v) is 5.04. The molecule has 5 rings (SSSR count). The number of anilines is 2. The highest BCUT2D eigenvalue weighted by Crippen LogP contribution is 2.32. The van der Waals surface area contributed by atoms with E-state index in [0.717, 1.165) is 43.6 Å². The van der Waals surface area contributed by atoms with Gasteiger partial charge in [0.2, 0.25) is 5.95 Å². The van der Waals surface area contributed by atoms with Crippen molar-refractivity contribution in [2.45, 2.75) is 45.3 Å². The lowest BCUT2D eigenvalue weighted by molar-refractivity contribution is -0.137. The van der Waals surface area contributed by atoms with Gasteiger partial charge in [-0.2, -0.15) is 13.2 Å². The molecule has 1 aliphatic heterocycles. The summed E-state index contributed by atoms with van der Waals surface area (Å²) in [6.07, 6.45) is -0.528. The average molecular weight is 552 g/mol. The molecule has 1 aliphatic rings. The number of halogens is 3. The molecule has 3 heterocycles. The van der Waals surface area contributed by atoms with E-state index >= 15 is 0 Å². The molecule has 10 heteroatoms. The fraction of sp³-hybridized carbons (Fsp3) is 0.367. The van der Waals surface area contributed by atoms with Gasteiger partial charge in [0, 0.05) is 56.0 Å². The van der Waals surface area contributed by atoms with Gasteiger partial charge in [0.15, 0.2) is 0 Å². The Labute approximate surface area is 231 Å². The fourth-order valence-electron chi connectivity index (χ4n) is 5.04. The van der Waals surface area contributed by atoms with Crippen LogP contribution < -0.4 is 10.1 Å². The lowest BCUT2D eigenvalue weighted by Crippen LogP contribution is -2.42. The number of nitrogens with zero attached hydrogens (tertiary/aromatic N) is 4. The molecule has 0 bridgehead atoms. The number of rotatable bonds is 8. The molecule has 0 spiro atoms. The van der Waals surface area contributed by atoms with Crippen molar-refractivity contribution in [3.05, 3.63) is 72.1 Å². The van der Waals surface area contributed by atoms with E-state index in [2.05, 4.69) is 34.0 Å². The third-order valence-corrected chi connectivity index (χ3v) is 7.34. The van der Waals surface area contributed by atoms with Crippen molar-refractivity contribution in [2.24, 2.45) is 13.0 Å². The number of imidazole rings is 1. The number of fused-ring (bicyclic) bond motifs is 1.